The van der Waals surface area contributed by atoms with Gasteiger partial charge >= 0.3 is 0 Å². The fraction of sp³-hybridized carbons (Fsp3) is 0.467. The average Bonchev–Trinajstić information content (AvgIpc) is 2.43. The van der Waals surface area contributed by atoms with Crippen molar-refractivity contribution >= 4 is 11.6 Å². The zero-order chi connectivity index (χ0) is 14.8. The third-order valence-corrected chi connectivity index (χ3v) is 3.68. The molecule has 1 saturated carbocycles. The minimum Gasteiger partial charge on any atom is -0.493 e. The molecule has 106 valence electrons. The van der Waals surface area contributed by atoms with Crippen LogP contribution in [0.2, 0.25) is 0 Å². The van der Waals surface area contributed by atoms with Crippen molar-refractivity contribution in [3.8, 4) is 17.6 Å². The van der Waals surface area contributed by atoms with E-state index in [2.05, 4.69) is 11.4 Å². The van der Waals surface area contributed by atoms with Crippen molar-refractivity contribution in [2.24, 2.45) is 11.3 Å². The van der Waals surface area contributed by atoms with Gasteiger partial charge in [-0.1, -0.05) is 6.92 Å². The van der Waals surface area contributed by atoms with Crippen molar-refractivity contribution in [2.75, 3.05) is 19.5 Å². The van der Waals surface area contributed by atoms with E-state index in [9.17, 15) is 10.1 Å². The third-order valence-electron chi connectivity index (χ3n) is 3.68. The van der Waals surface area contributed by atoms with E-state index in [4.69, 9.17) is 9.47 Å². The maximum absolute atomic E-state index is 12.2. The lowest BCUT2D eigenvalue weighted by Crippen LogP contribution is -2.45. The van der Waals surface area contributed by atoms with E-state index in [-0.39, 0.29) is 5.91 Å². The fourth-order valence-electron chi connectivity index (χ4n) is 2.62. The number of methoxy groups -OCH3 is 2. The van der Waals surface area contributed by atoms with E-state index in [0.717, 1.165) is 0 Å². The first-order chi connectivity index (χ1) is 9.54. The second-order valence-corrected chi connectivity index (χ2v) is 5.23. The highest BCUT2D eigenvalue weighted by Gasteiger charge is 2.48. The lowest BCUT2D eigenvalue weighted by atomic mass is 9.63. The first-order valence-corrected chi connectivity index (χ1v) is 6.49. The van der Waals surface area contributed by atoms with Crippen molar-refractivity contribution in [2.45, 2.75) is 19.8 Å². The molecule has 0 radical (unpaired) electrons. The van der Waals surface area contributed by atoms with Gasteiger partial charge in [0.15, 0.2) is 11.5 Å². The second kappa shape index (κ2) is 5.41. The molecule has 0 aromatic heterocycles. The Morgan fingerprint density at radius 2 is 2.00 bits per heavy atom. The van der Waals surface area contributed by atoms with E-state index in [1.807, 2.05) is 6.92 Å². The van der Waals surface area contributed by atoms with Crippen molar-refractivity contribution in [1.29, 1.82) is 5.26 Å². The van der Waals surface area contributed by atoms with Gasteiger partial charge in [-0.05, 0) is 30.9 Å². The maximum atomic E-state index is 12.2. The van der Waals surface area contributed by atoms with Crippen molar-refractivity contribution in [3.63, 3.8) is 0 Å². The molecule has 1 N–H and O–H groups in total. The van der Waals surface area contributed by atoms with Gasteiger partial charge in [-0.15, -0.1) is 0 Å². The number of rotatable bonds is 4. The molecule has 5 nitrogen and oxygen atoms in total. The summed E-state index contributed by atoms with van der Waals surface area (Å²) in [5.74, 6) is 1.31. The van der Waals surface area contributed by atoms with Crippen LogP contribution in [0.25, 0.3) is 0 Å². The SMILES string of the molecule is COc1ccc(NC(=O)C2(C#N)CC(C)C2)cc1OC. The number of amides is 1. The normalized spacial score (nSPS) is 24.2. The predicted octanol–water partition coefficient (Wildman–Crippen LogP) is 2.58. The third kappa shape index (κ3) is 2.42. The summed E-state index contributed by atoms with van der Waals surface area (Å²) in [6.07, 6.45) is 1.23. The van der Waals surface area contributed by atoms with E-state index in [1.165, 1.54) is 7.11 Å². The molecule has 0 aliphatic heterocycles. The van der Waals surface area contributed by atoms with E-state index >= 15 is 0 Å². The number of carbonyl (C=O) groups is 1. The minimum atomic E-state index is -0.882. The Hall–Kier alpha value is -2.22. The summed E-state index contributed by atoms with van der Waals surface area (Å²) < 4.78 is 10.3. The van der Waals surface area contributed by atoms with Crippen LogP contribution in [0.3, 0.4) is 0 Å². The van der Waals surface area contributed by atoms with Gasteiger partial charge in [0.2, 0.25) is 5.91 Å². The zero-order valence-electron chi connectivity index (χ0n) is 11.9. The summed E-state index contributed by atoms with van der Waals surface area (Å²) in [5, 5.41) is 12.0. The quantitative estimate of drug-likeness (QED) is 0.916. The summed E-state index contributed by atoms with van der Waals surface area (Å²) >= 11 is 0. The molecule has 5 heteroatoms. The first-order valence-electron chi connectivity index (χ1n) is 6.49. The highest BCUT2D eigenvalue weighted by Crippen LogP contribution is 2.45. The van der Waals surface area contributed by atoms with Crippen LogP contribution >= 0.6 is 0 Å². The van der Waals surface area contributed by atoms with Crippen LogP contribution in [0.1, 0.15) is 19.8 Å². The molecule has 20 heavy (non-hydrogen) atoms. The van der Waals surface area contributed by atoms with Crippen LogP contribution in [-0.2, 0) is 4.79 Å². The standard InChI is InChI=1S/C15H18N2O3/c1-10-7-15(8-10,9-16)14(18)17-11-4-5-12(19-2)13(6-11)20-3/h4-6,10H,7-8H2,1-3H3,(H,17,18). The molecule has 1 aromatic carbocycles. The molecule has 0 atom stereocenters. The van der Waals surface area contributed by atoms with Gasteiger partial charge in [0.05, 0.1) is 20.3 Å². The molecular formula is C15H18N2O3. The van der Waals surface area contributed by atoms with Crippen LogP contribution in [0, 0.1) is 22.7 Å². The lowest BCUT2D eigenvalue weighted by molar-refractivity contribution is -0.128. The topological polar surface area (TPSA) is 71.3 Å². The Bertz CT molecular complexity index is 557. The number of ether oxygens (including phenoxy) is 2. The first kappa shape index (κ1) is 14.2. The largest absolute Gasteiger partial charge is 0.493 e. The predicted molar refractivity (Wildman–Crippen MR) is 74.6 cm³/mol. The van der Waals surface area contributed by atoms with Gasteiger partial charge in [0.1, 0.15) is 5.41 Å². The Kier molecular flexibility index (Phi) is 3.84. The molecule has 0 saturated heterocycles. The zero-order valence-corrected chi connectivity index (χ0v) is 11.9. The molecule has 1 aromatic rings. The Balaban J connectivity index is 2.14. The van der Waals surface area contributed by atoms with Crippen LogP contribution in [-0.4, -0.2) is 20.1 Å². The van der Waals surface area contributed by atoms with Crippen LogP contribution in [0.5, 0.6) is 11.5 Å². The summed E-state index contributed by atoms with van der Waals surface area (Å²) in [7, 11) is 3.09. The molecule has 2 rings (SSSR count). The van der Waals surface area contributed by atoms with Crippen molar-refractivity contribution in [1.82, 2.24) is 0 Å². The van der Waals surface area contributed by atoms with Crippen molar-refractivity contribution < 1.29 is 14.3 Å². The number of nitriles is 1. The summed E-state index contributed by atoms with van der Waals surface area (Å²) in [6, 6.07) is 7.28. The average molecular weight is 274 g/mol. The number of nitrogens with zero attached hydrogens (tertiary/aromatic N) is 1. The van der Waals surface area contributed by atoms with Crippen LogP contribution < -0.4 is 14.8 Å². The summed E-state index contributed by atoms with van der Waals surface area (Å²) in [5.41, 5.74) is -0.283. The summed E-state index contributed by atoms with van der Waals surface area (Å²) in [4.78, 5) is 12.2. The van der Waals surface area contributed by atoms with Crippen LogP contribution in [0.4, 0.5) is 5.69 Å². The lowest BCUT2D eigenvalue weighted by Gasteiger charge is -2.39. The Morgan fingerprint density at radius 1 is 1.35 bits per heavy atom. The molecule has 1 aliphatic rings. The van der Waals surface area contributed by atoms with Gasteiger partial charge in [-0.3, -0.25) is 4.79 Å². The monoisotopic (exact) mass is 274 g/mol. The number of anilines is 1. The molecular weight excluding hydrogens is 256 g/mol. The Labute approximate surface area is 118 Å². The van der Waals surface area contributed by atoms with E-state index in [1.54, 1.807) is 25.3 Å². The molecule has 0 heterocycles. The van der Waals surface area contributed by atoms with Gasteiger partial charge in [0, 0.05) is 11.8 Å². The molecule has 0 bridgehead atoms. The number of hydrogen-bond acceptors (Lipinski definition) is 4. The maximum Gasteiger partial charge on any atom is 0.244 e. The molecule has 1 aliphatic carbocycles. The second-order valence-electron chi connectivity index (χ2n) is 5.23. The van der Waals surface area contributed by atoms with Crippen LogP contribution in [0.15, 0.2) is 18.2 Å². The smallest absolute Gasteiger partial charge is 0.244 e. The number of nitrogens with one attached hydrogen (secondary N) is 1. The molecule has 0 spiro atoms. The van der Waals surface area contributed by atoms with Gasteiger partial charge in [-0.2, -0.15) is 5.26 Å². The van der Waals surface area contributed by atoms with Gasteiger partial charge in [-0.25, -0.2) is 0 Å². The summed E-state index contributed by atoms with van der Waals surface area (Å²) in [6.45, 7) is 2.04. The Morgan fingerprint density at radius 3 is 2.50 bits per heavy atom. The molecule has 0 unspecified atom stereocenters. The minimum absolute atomic E-state index is 0.245. The van der Waals surface area contributed by atoms with E-state index < -0.39 is 5.41 Å². The highest BCUT2D eigenvalue weighted by atomic mass is 16.5. The van der Waals surface area contributed by atoms with Gasteiger partial charge < -0.3 is 14.8 Å². The fourth-order valence-corrected chi connectivity index (χ4v) is 2.62. The highest BCUT2D eigenvalue weighted by molar-refractivity contribution is 5.98. The van der Waals surface area contributed by atoms with Crippen molar-refractivity contribution in [3.05, 3.63) is 18.2 Å². The molecule has 1 fully saturated rings. The van der Waals surface area contributed by atoms with E-state index in [0.29, 0.717) is 35.9 Å². The van der Waals surface area contributed by atoms with Gasteiger partial charge in [0.25, 0.3) is 0 Å². The number of carbonyl (C=O) groups excluding carboxylic acids is 1. The number of hydrogen-bond donors (Lipinski definition) is 1. The number of benzene rings is 1. The molecule has 1 amide bonds.